The molecule has 1 aliphatic heterocycles. The van der Waals surface area contributed by atoms with Crippen LogP contribution < -0.4 is 10.5 Å². The van der Waals surface area contributed by atoms with E-state index in [4.69, 9.17) is 10.5 Å². The van der Waals surface area contributed by atoms with E-state index < -0.39 is 0 Å². The van der Waals surface area contributed by atoms with Gasteiger partial charge in [-0.2, -0.15) is 0 Å². The molecular formula is C15H19N3O2S. The standard InChI is InChI=1S/C15H19N3O2S/c1-20-13-6-4-12(5-7-13)11-17-14(19)3-2-8-18-9-10-21-15(18)16/h4-7,9-11,15H,2-3,8,16H2,1H3. The number of nitrogens with two attached hydrogens (primary N) is 1. The Morgan fingerprint density at radius 3 is 2.86 bits per heavy atom. The molecule has 112 valence electrons. The van der Waals surface area contributed by atoms with Crippen molar-refractivity contribution >= 4 is 23.9 Å². The van der Waals surface area contributed by atoms with Gasteiger partial charge in [0.15, 0.2) is 0 Å². The summed E-state index contributed by atoms with van der Waals surface area (Å²) in [5.74, 6) is 0.668. The van der Waals surface area contributed by atoms with Crippen molar-refractivity contribution in [2.45, 2.75) is 18.3 Å². The van der Waals surface area contributed by atoms with Crippen molar-refractivity contribution in [1.82, 2.24) is 4.90 Å². The molecule has 2 rings (SSSR count). The zero-order valence-electron chi connectivity index (χ0n) is 11.9. The van der Waals surface area contributed by atoms with Crippen molar-refractivity contribution in [3.05, 3.63) is 41.4 Å². The summed E-state index contributed by atoms with van der Waals surface area (Å²) in [6, 6.07) is 7.40. The van der Waals surface area contributed by atoms with Crippen LogP contribution in [-0.2, 0) is 4.79 Å². The summed E-state index contributed by atoms with van der Waals surface area (Å²) in [5, 5.41) is 1.97. The largest absolute Gasteiger partial charge is 0.497 e. The Kier molecular flexibility index (Phi) is 5.83. The van der Waals surface area contributed by atoms with E-state index in [-0.39, 0.29) is 11.4 Å². The monoisotopic (exact) mass is 305 g/mol. The highest BCUT2D eigenvalue weighted by atomic mass is 32.2. The lowest BCUT2D eigenvalue weighted by Gasteiger charge is -2.20. The molecule has 1 atom stereocenters. The minimum Gasteiger partial charge on any atom is -0.497 e. The van der Waals surface area contributed by atoms with Crippen molar-refractivity contribution < 1.29 is 9.53 Å². The van der Waals surface area contributed by atoms with Gasteiger partial charge in [-0.3, -0.25) is 4.79 Å². The number of nitrogens with zero attached hydrogens (tertiary/aromatic N) is 2. The predicted octanol–water partition coefficient (Wildman–Crippen LogP) is 2.18. The van der Waals surface area contributed by atoms with E-state index in [2.05, 4.69) is 4.99 Å². The second kappa shape index (κ2) is 7.85. The lowest BCUT2D eigenvalue weighted by Crippen LogP contribution is -2.33. The molecule has 1 aliphatic rings. The van der Waals surface area contributed by atoms with E-state index >= 15 is 0 Å². The van der Waals surface area contributed by atoms with E-state index in [0.29, 0.717) is 6.42 Å². The van der Waals surface area contributed by atoms with Crippen LogP contribution in [0.5, 0.6) is 5.75 Å². The summed E-state index contributed by atoms with van der Waals surface area (Å²) in [6.45, 7) is 0.772. The third-order valence-corrected chi connectivity index (χ3v) is 3.91. The normalized spacial score (nSPS) is 17.6. The minimum absolute atomic E-state index is 0.0251. The van der Waals surface area contributed by atoms with E-state index in [1.165, 1.54) is 0 Å². The number of aliphatic imine (C=N–C) groups is 1. The van der Waals surface area contributed by atoms with Crippen molar-refractivity contribution in [3.8, 4) is 5.75 Å². The van der Waals surface area contributed by atoms with Gasteiger partial charge >= 0.3 is 0 Å². The fourth-order valence-corrected chi connectivity index (χ4v) is 2.59. The lowest BCUT2D eigenvalue weighted by atomic mass is 10.2. The third kappa shape index (κ3) is 4.91. The lowest BCUT2D eigenvalue weighted by molar-refractivity contribution is -0.117. The summed E-state index contributed by atoms with van der Waals surface area (Å²) < 4.78 is 5.07. The Bertz CT molecular complexity index is 528. The van der Waals surface area contributed by atoms with Gasteiger partial charge in [0.1, 0.15) is 11.2 Å². The number of carbonyl (C=O) groups is 1. The number of hydrogen-bond acceptors (Lipinski definition) is 5. The quantitative estimate of drug-likeness (QED) is 0.816. The Labute approximate surface area is 128 Å². The van der Waals surface area contributed by atoms with Crippen molar-refractivity contribution in [2.75, 3.05) is 13.7 Å². The van der Waals surface area contributed by atoms with Crippen molar-refractivity contribution in [1.29, 1.82) is 0 Å². The molecule has 0 bridgehead atoms. The first-order valence-electron chi connectivity index (χ1n) is 6.73. The molecule has 0 spiro atoms. The zero-order chi connectivity index (χ0) is 15.1. The Morgan fingerprint density at radius 2 is 2.24 bits per heavy atom. The minimum atomic E-state index is -0.116. The Balaban J connectivity index is 1.73. The van der Waals surface area contributed by atoms with Gasteiger partial charge in [-0.25, -0.2) is 4.99 Å². The van der Waals surface area contributed by atoms with Crippen LogP contribution in [-0.4, -0.2) is 36.2 Å². The smallest absolute Gasteiger partial charge is 0.245 e. The summed E-state index contributed by atoms with van der Waals surface area (Å²) in [7, 11) is 1.62. The molecule has 0 saturated heterocycles. The topological polar surface area (TPSA) is 67.9 Å². The summed E-state index contributed by atoms with van der Waals surface area (Å²) in [5.41, 5.74) is 6.71. The number of rotatable bonds is 6. The molecule has 0 saturated carbocycles. The second-order valence-electron chi connectivity index (χ2n) is 4.58. The maximum Gasteiger partial charge on any atom is 0.245 e. The number of thioether (sulfide) groups is 1. The van der Waals surface area contributed by atoms with Crippen LogP contribution in [0, 0.1) is 0 Å². The maximum absolute atomic E-state index is 11.7. The molecule has 0 fully saturated rings. The molecule has 1 amide bonds. The summed E-state index contributed by atoms with van der Waals surface area (Å²) >= 11 is 1.57. The molecule has 0 aliphatic carbocycles. The first-order chi connectivity index (χ1) is 10.2. The highest BCUT2D eigenvalue weighted by Gasteiger charge is 2.14. The Morgan fingerprint density at radius 1 is 1.48 bits per heavy atom. The van der Waals surface area contributed by atoms with E-state index in [1.54, 1.807) is 25.1 Å². The number of amides is 1. The van der Waals surface area contributed by atoms with Crippen LogP contribution >= 0.6 is 11.8 Å². The maximum atomic E-state index is 11.7. The number of methoxy groups -OCH3 is 1. The molecule has 21 heavy (non-hydrogen) atoms. The van der Waals surface area contributed by atoms with Gasteiger partial charge in [0, 0.05) is 25.4 Å². The van der Waals surface area contributed by atoms with Crippen LogP contribution in [0.15, 0.2) is 40.9 Å². The SMILES string of the molecule is COc1ccc(C=NC(=O)CCCN2C=CSC2N)cc1. The molecule has 5 nitrogen and oxygen atoms in total. The van der Waals surface area contributed by atoms with Gasteiger partial charge in [-0.05, 0) is 41.7 Å². The number of carbonyl (C=O) groups excluding carboxylic acids is 1. The number of benzene rings is 1. The molecule has 1 unspecified atom stereocenters. The Hall–Kier alpha value is -1.79. The highest BCUT2D eigenvalue weighted by molar-refractivity contribution is 8.02. The van der Waals surface area contributed by atoms with E-state index in [9.17, 15) is 4.79 Å². The van der Waals surface area contributed by atoms with Gasteiger partial charge in [-0.15, -0.1) is 0 Å². The van der Waals surface area contributed by atoms with Crippen LogP contribution in [0.4, 0.5) is 0 Å². The molecule has 2 N–H and O–H groups in total. The number of ether oxygens (including phenoxy) is 1. The average Bonchev–Trinajstić information content (AvgIpc) is 2.91. The first kappa shape index (κ1) is 15.6. The fourth-order valence-electron chi connectivity index (χ4n) is 1.87. The molecule has 1 aromatic rings. The highest BCUT2D eigenvalue weighted by Crippen LogP contribution is 2.20. The van der Waals surface area contributed by atoms with Gasteiger partial charge in [0.25, 0.3) is 0 Å². The van der Waals surface area contributed by atoms with Gasteiger partial charge < -0.3 is 15.4 Å². The van der Waals surface area contributed by atoms with E-state index in [1.807, 2.05) is 40.8 Å². The molecule has 1 aromatic carbocycles. The second-order valence-corrected chi connectivity index (χ2v) is 5.61. The molecule has 0 aromatic heterocycles. The fraction of sp³-hybridized carbons (Fsp3) is 0.333. The van der Waals surface area contributed by atoms with Crippen LogP contribution in [0.1, 0.15) is 18.4 Å². The van der Waals surface area contributed by atoms with Crippen LogP contribution in [0.3, 0.4) is 0 Å². The molecular weight excluding hydrogens is 286 g/mol. The van der Waals surface area contributed by atoms with Gasteiger partial charge in [0.05, 0.1) is 7.11 Å². The first-order valence-corrected chi connectivity index (χ1v) is 7.68. The third-order valence-electron chi connectivity index (χ3n) is 3.08. The zero-order valence-corrected chi connectivity index (χ0v) is 12.8. The predicted molar refractivity (Wildman–Crippen MR) is 86.2 cm³/mol. The van der Waals surface area contributed by atoms with E-state index in [0.717, 1.165) is 24.3 Å². The summed E-state index contributed by atoms with van der Waals surface area (Å²) in [4.78, 5) is 17.7. The average molecular weight is 305 g/mol. The molecule has 6 heteroatoms. The van der Waals surface area contributed by atoms with Crippen LogP contribution in [0.2, 0.25) is 0 Å². The molecule has 1 heterocycles. The van der Waals surface area contributed by atoms with Gasteiger partial charge in [0.2, 0.25) is 5.91 Å². The number of hydrogen-bond donors (Lipinski definition) is 1. The summed E-state index contributed by atoms with van der Waals surface area (Å²) in [6.07, 6.45) is 4.71. The van der Waals surface area contributed by atoms with Crippen molar-refractivity contribution in [2.24, 2.45) is 10.7 Å². The van der Waals surface area contributed by atoms with Crippen LogP contribution in [0.25, 0.3) is 0 Å². The molecule has 0 radical (unpaired) electrons. The van der Waals surface area contributed by atoms with Gasteiger partial charge in [-0.1, -0.05) is 11.8 Å². The van der Waals surface area contributed by atoms with Crippen molar-refractivity contribution in [3.63, 3.8) is 0 Å².